The van der Waals surface area contributed by atoms with Gasteiger partial charge in [0, 0.05) is 24.5 Å². The normalized spacial score (nSPS) is 26.6. The van der Waals surface area contributed by atoms with Gasteiger partial charge in [0.2, 0.25) is 5.91 Å². The van der Waals surface area contributed by atoms with Crippen LogP contribution in [0, 0.1) is 5.41 Å². The van der Waals surface area contributed by atoms with E-state index in [0.717, 1.165) is 0 Å². The van der Waals surface area contributed by atoms with Gasteiger partial charge in [-0.1, -0.05) is 20.8 Å². The highest BCUT2D eigenvalue weighted by Crippen LogP contribution is 2.21. The maximum absolute atomic E-state index is 12.1. The van der Waals surface area contributed by atoms with Gasteiger partial charge in [-0.2, -0.15) is 0 Å². The van der Waals surface area contributed by atoms with Crippen LogP contribution >= 0.6 is 0 Å². The maximum atomic E-state index is 12.1. The van der Waals surface area contributed by atoms with E-state index in [4.69, 9.17) is 5.11 Å². The predicted octanol–water partition coefficient (Wildman–Crippen LogP) is 0.306. The third-order valence-electron chi connectivity index (χ3n) is 2.78. The van der Waals surface area contributed by atoms with E-state index < -0.39 is 17.4 Å². The minimum absolute atomic E-state index is 0.103. The van der Waals surface area contributed by atoms with Gasteiger partial charge >= 0.3 is 5.97 Å². The average Bonchev–Trinajstić information content (AvgIpc) is 2.14. The molecule has 1 amide bonds. The first kappa shape index (κ1) is 13.0. The smallest absolute Gasteiger partial charge is 0.328 e. The van der Waals surface area contributed by atoms with E-state index in [1.807, 2.05) is 0 Å². The molecule has 0 radical (unpaired) electrons. The molecule has 1 aliphatic heterocycles. The largest absolute Gasteiger partial charge is 0.480 e. The Morgan fingerprint density at radius 1 is 1.38 bits per heavy atom. The number of nitrogens with zero attached hydrogens (tertiary/aromatic N) is 1. The molecule has 1 heterocycles. The number of aliphatic carboxylic acids is 1. The fraction of sp³-hybridized carbons (Fsp3) is 0.818. The molecule has 0 bridgehead atoms. The lowest BCUT2D eigenvalue weighted by atomic mass is 9.92. The Hall–Kier alpha value is -1.10. The van der Waals surface area contributed by atoms with E-state index >= 15 is 0 Å². The molecule has 0 spiro atoms. The van der Waals surface area contributed by atoms with Gasteiger partial charge in [0.25, 0.3) is 0 Å². The minimum Gasteiger partial charge on any atom is -0.480 e. The molecule has 0 aromatic heterocycles. The van der Waals surface area contributed by atoms with Crippen LogP contribution < -0.4 is 5.32 Å². The molecular weight excluding hydrogens is 208 g/mol. The summed E-state index contributed by atoms with van der Waals surface area (Å²) < 4.78 is 0. The highest BCUT2D eigenvalue weighted by Gasteiger charge is 2.40. The standard InChI is InChI=1S/C11H20N2O3/c1-7-8(9(14)15)13(6-5-12-7)10(16)11(2,3)4/h7-8,12H,5-6H2,1-4H3,(H,14,15). The number of carbonyl (C=O) groups excluding carboxylic acids is 1. The van der Waals surface area contributed by atoms with Crippen molar-refractivity contribution in [2.24, 2.45) is 5.41 Å². The van der Waals surface area contributed by atoms with E-state index in [-0.39, 0.29) is 11.9 Å². The Bertz CT molecular complexity index is 296. The molecule has 16 heavy (non-hydrogen) atoms. The number of carboxylic acids is 1. The van der Waals surface area contributed by atoms with Gasteiger partial charge in [-0.15, -0.1) is 0 Å². The molecule has 2 unspecified atom stereocenters. The van der Waals surface area contributed by atoms with Gasteiger partial charge in [-0.3, -0.25) is 4.79 Å². The molecule has 5 nitrogen and oxygen atoms in total. The molecule has 0 aromatic carbocycles. The first-order chi connectivity index (χ1) is 7.25. The van der Waals surface area contributed by atoms with E-state index in [2.05, 4.69) is 5.32 Å². The first-order valence-corrected chi connectivity index (χ1v) is 5.52. The van der Waals surface area contributed by atoms with Crippen molar-refractivity contribution in [2.45, 2.75) is 39.8 Å². The third kappa shape index (κ3) is 2.52. The van der Waals surface area contributed by atoms with Gasteiger partial charge in [0.15, 0.2) is 0 Å². The zero-order valence-electron chi connectivity index (χ0n) is 10.3. The Labute approximate surface area is 95.8 Å². The number of hydrogen-bond donors (Lipinski definition) is 2. The summed E-state index contributed by atoms with van der Waals surface area (Å²) in [5.41, 5.74) is -0.537. The fourth-order valence-electron chi connectivity index (χ4n) is 1.94. The third-order valence-corrected chi connectivity index (χ3v) is 2.78. The number of carbonyl (C=O) groups is 2. The number of nitrogens with one attached hydrogen (secondary N) is 1. The maximum Gasteiger partial charge on any atom is 0.328 e. The zero-order valence-corrected chi connectivity index (χ0v) is 10.3. The van der Waals surface area contributed by atoms with Gasteiger partial charge in [0.05, 0.1) is 0 Å². The van der Waals surface area contributed by atoms with E-state index in [0.29, 0.717) is 13.1 Å². The van der Waals surface area contributed by atoms with E-state index in [9.17, 15) is 9.59 Å². The summed E-state index contributed by atoms with van der Waals surface area (Å²) in [6.45, 7) is 8.31. The van der Waals surface area contributed by atoms with E-state index in [1.54, 1.807) is 27.7 Å². The Balaban J connectivity index is 2.92. The van der Waals surface area contributed by atoms with Gasteiger partial charge in [-0.05, 0) is 6.92 Å². The molecular formula is C11H20N2O3. The van der Waals surface area contributed by atoms with Crippen molar-refractivity contribution in [1.29, 1.82) is 0 Å². The van der Waals surface area contributed by atoms with Crippen molar-refractivity contribution in [1.82, 2.24) is 10.2 Å². The molecule has 92 valence electrons. The SMILES string of the molecule is CC1NCCN(C(=O)C(C)(C)C)C1C(=O)O. The van der Waals surface area contributed by atoms with Crippen molar-refractivity contribution >= 4 is 11.9 Å². The van der Waals surface area contributed by atoms with Crippen LogP contribution in [0.4, 0.5) is 0 Å². The van der Waals surface area contributed by atoms with Crippen molar-refractivity contribution in [3.8, 4) is 0 Å². The lowest BCUT2D eigenvalue weighted by Crippen LogP contribution is -2.63. The number of carboxylic acid groups (broad SMARTS) is 1. The van der Waals surface area contributed by atoms with Crippen molar-refractivity contribution in [3.05, 3.63) is 0 Å². The van der Waals surface area contributed by atoms with Crippen LogP contribution in [0.25, 0.3) is 0 Å². The molecule has 1 fully saturated rings. The van der Waals surface area contributed by atoms with Gasteiger partial charge in [0.1, 0.15) is 6.04 Å². The number of amides is 1. The lowest BCUT2D eigenvalue weighted by Gasteiger charge is -2.40. The second-order valence-corrected chi connectivity index (χ2v) is 5.27. The predicted molar refractivity (Wildman–Crippen MR) is 60.1 cm³/mol. The summed E-state index contributed by atoms with van der Waals surface area (Å²) in [5.74, 6) is -1.05. The van der Waals surface area contributed by atoms with Crippen molar-refractivity contribution in [3.63, 3.8) is 0 Å². The summed E-state index contributed by atoms with van der Waals surface area (Å²) in [6.07, 6.45) is 0. The van der Waals surface area contributed by atoms with E-state index in [1.165, 1.54) is 4.90 Å². The second kappa shape index (κ2) is 4.41. The molecule has 1 aliphatic rings. The summed E-state index contributed by atoms with van der Waals surface area (Å²) in [6, 6.07) is -0.974. The quantitative estimate of drug-likeness (QED) is 0.677. The summed E-state index contributed by atoms with van der Waals surface area (Å²) in [7, 11) is 0. The molecule has 0 aliphatic carbocycles. The summed E-state index contributed by atoms with van der Waals surface area (Å²) in [5, 5.41) is 12.2. The van der Waals surface area contributed by atoms with Crippen molar-refractivity contribution < 1.29 is 14.7 Å². The molecule has 1 rings (SSSR count). The molecule has 0 saturated carbocycles. The average molecular weight is 228 g/mol. The monoisotopic (exact) mass is 228 g/mol. The molecule has 0 aromatic rings. The Morgan fingerprint density at radius 3 is 2.38 bits per heavy atom. The zero-order chi connectivity index (χ0) is 12.5. The van der Waals surface area contributed by atoms with Crippen LogP contribution in [0.15, 0.2) is 0 Å². The highest BCUT2D eigenvalue weighted by atomic mass is 16.4. The van der Waals surface area contributed by atoms with Crippen molar-refractivity contribution in [2.75, 3.05) is 13.1 Å². The summed E-state index contributed by atoms with van der Waals surface area (Å²) in [4.78, 5) is 24.8. The minimum atomic E-state index is -0.947. The van der Waals surface area contributed by atoms with Crippen LogP contribution in [-0.2, 0) is 9.59 Å². The number of rotatable bonds is 1. The topological polar surface area (TPSA) is 69.6 Å². The van der Waals surface area contributed by atoms with Crippen LogP contribution in [-0.4, -0.2) is 47.1 Å². The van der Waals surface area contributed by atoms with Crippen LogP contribution in [0.1, 0.15) is 27.7 Å². The fourth-order valence-corrected chi connectivity index (χ4v) is 1.94. The molecule has 5 heteroatoms. The summed E-state index contributed by atoms with van der Waals surface area (Å²) >= 11 is 0. The Morgan fingerprint density at radius 2 is 1.94 bits per heavy atom. The van der Waals surface area contributed by atoms with Gasteiger partial charge < -0.3 is 15.3 Å². The second-order valence-electron chi connectivity index (χ2n) is 5.27. The van der Waals surface area contributed by atoms with Crippen LogP contribution in [0.5, 0.6) is 0 Å². The number of piperazine rings is 1. The molecule has 1 saturated heterocycles. The van der Waals surface area contributed by atoms with Gasteiger partial charge in [-0.25, -0.2) is 4.79 Å². The lowest BCUT2D eigenvalue weighted by molar-refractivity contribution is -0.156. The highest BCUT2D eigenvalue weighted by molar-refractivity contribution is 5.87. The first-order valence-electron chi connectivity index (χ1n) is 5.52. The molecule has 2 N–H and O–H groups in total. The number of hydrogen-bond acceptors (Lipinski definition) is 3. The van der Waals surface area contributed by atoms with Crippen LogP contribution in [0.2, 0.25) is 0 Å². The van der Waals surface area contributed by atoms with Crippen LogP contribution in [0.3, 0.4) is 0 Å². The Kier molecular flexibility index (Phi) is 3.57. The molecule has 2 atom stereocenters.